The average Bonchev–Trinajstić information content (AvgIpc) is 2.78. The van der Waals surface area contributed by atoms with E-state index in [0.29, 0.717) is 0 Å². The number of allylic oxidation sites excluding steroid dienone is 1. The van der Waals surface area contributed by atoms with Crippen LogP contribution in [0.1, 0.15) is 18.9 Å². The van der Waals surface area contributed by atoms with Gasteiger partial charge in [-0.25, -0.2) is 0 Å². The van der Waals surface area contributed by atoms with Gasteiger partial charge in [0.15, 0.2) is 0 Å². The van der Waals surface area contributed by atoms with Crippen LogP contribution in [0.25, 0.3) is 0 Å². The van der Waals surface area contributed by atoms with Crippen molar-refractivity contribution in [3.63, 3.8) is 0 Å². The van der Waals surface area contributed by atoms with Gasteiger partial charge in [-0.05, 0) is 25.0 Å². The highest BCUT2D eigenvalue weighted by Gasteiger charge is 2.22. The van der Waals surface area contributed by atoms with Crippen LogP contribution >= 0.6 is 0 Å². The molecule has 96 valence electrons. The van der Waals surface area contributed by atoms with Crippen molar-refractivity contribution < 1.29 is 4.79 Å². The molecule has 1 amide bonds. The molecule has 0 bridgehead atoms. The van der Waals surface area contributed by atoms with Gasteiger partial charge in [0.2, 0.25) is 5.91 Å². The number of hydrogen-bond donors (Lipinski definition) is 1. The fourth-order valence-electron chi connectivity index (χ4n) is 2.34. The Hall–Kier alpha value is -1.61. The molecule has 1 heterocycles. The number of benzene rings is 1. The van der Waals surface area contributed by atoms with E-state index in [1.807, 2.05) is 13.0 Å². The second-order valence-corrected chi connectivity index (χ2v) is 4.71. The Balaban J connectivity index is 1.80. The van der Waals surface area contributed by atoms with Gasteiger partial charge in [-0.2, -0.15) is 0 Å². The number of nitrogens with one attached hydrogen (secondary N) is 1. The molecule has 1 fully saturated rings. The van der Waals surface area contributed by atoms with Crippen LogP contribution in [0.4, 0.5) is 0 Å². The van der Waals surface area contributed by atoms with Crippen molar-refractivity contribution >= 4 is 5.91 Å². The van der Waals surface area contributed by atoms with Gasteiger partial charge in [-0.15, -0.1) is 0 Å². The molecule has 1 aromatic rings. The van der Waals surface area contributed by atoms with E-state index in [9.17, 15) is 4.79 Å². The van der Waals surface area contributed by atoms with Gasteiger partial charge in [0.1, 0.15) is 0 Å². The lowest BCUT2D eigenvalue weighted by molar-refractivity contribution is -0.117. The monoisotopic (exact) mass is 244 g/mol. The van der Waals surface area contributed by atoms with E-state index in [-0.39, 0.29) is 11.9 Å². The van der Waals surface area contributed by atoms with Gasteiger partial charge in [0.05, 0.1) is 0 Å². The second kappa shape index (κ2) is 6.36. The molecule has 0 radical (unpaired) electrons. The van der Waals surface area contributed by atoms with E-state index in [2.05, 4.69) is 34.5 Å². The molecule has 0 spiro atoms. The van der Waals surface area contributed by atoms with Gasteiger partial charge < -0.3 is 5.32 Å². The first-order valence-corrected chi connectivity index (χ1v) is 6.47. The Labute approximate surface area is 108 Å². The van der Waals surface area contributed by atoms with Crippen molar-refractivity contribution in [2.24, 2.45) is 0 Å². The van der Waals surface area contributed by atoms with Crippen LogP contribution in [-0.4, -0.2) is 29.9 Å². The zero-order chi connectivity index (χ0) is 12.8. The van der Waals surface area contributed by atoms with Gasteiger partial charge in [0.25, 0.3) is 0 Å². The lowest BCUT2D eigenvalue weighted by atomic mass is 10.2. The maximum atomic E-state index is 11.4. The number of nitrogens with zero attached hydrogens (tertiary/aromatic N) is 1. The molecule has 1 aliphatic rings. The van der Waals surface area contributed by atoms with Crippen LogP contribution in [0, 0.1) is 0 Å². The first-order chi connectivity index (χ1) is 8.78. The topological polar surface area (TPSA) is 32.3 Å². The highest BCUT2D eigenvalue weighted by molar-refractivity contribution is 5.87. The maximum absolute atomic E-state index is 11.4. The summed E-state index contributed by atoms with van der Waals surface area (Å²) >= 11 is 0. The van der Waals surface area contributed by atoms with Crippen molar-refractivity contribution in [3.05, 3.63) is 48.0 Å². The van der Waals surface area contributed by atoms with E-state index in [1.54, 1.807) is 12.2 Å². The summed E-state index contributed by atoms with van der Waals surface area (Å²) in [4.78, 5) is 13.8. The van der Waals surface area contributed by atoms with Crippen molar-refractivity contribution in [2.75, 3.05) is 13.1 Å². The number of carbonyl (C=O) groups is 1. The maximum Gasteiger partial charge on any atom is 0.243 e. The van der Waals surface area contributed by atoms with Gasteiger partial charge in [0, 0.05) is 25.7 Å². The fourth-order valence-corrected chi connectivity index (χ4v) is 2.34. The van der Waals surface area contributed by atoms with E-state index in [4.69, 9.17) is 0 Å². The van der Waals surface area contributed by atoms with Crippen LogP contribution in [0.5, 0.6) is 0 Å². The largest absolute Gasteiger partial charge is 0.348 e. The molecule has 1 saturated heterocycles. The highest BCUT2D eigenvalue weighted by atomic mass is 16.1. The van der Waals surface area contributed by atoms with E-state index < -0.39 is 0 Å². The Morgan fingerprint density at radius 2 is 2.22 bits per heavy atom. The van der Waals surface area contributed by atoms with E-state index >= 15 is 0 Å². The minimum atomic E-state index is 0.0176. The first kappa shape index (κ1) is 12.8. The number of hydrogen-bond acceptors (Lipinski definition) is 2. The molecule has 3 heteroatoms. The van der Waals surface area contributed by atoms with Crippen molar-refractivity contribution in [3.8, 4) is 0 Å². The fraction of sp³-hybridized carbons (Fsp3) is 0.400. The molecular formula is C15H20N2O. The van der Waals surface area contributed by atoms with Crippen LogP contribution in [-0.2, 0) is 11.3 Å². The number of rotatable bonds is 4. The first-order valence-electron chi connectivity index (χ1n) is 6.47. The van der Waals surface area contributed by atoms with Crippen LogP contribution in [0.15, 0.2) is 42.5 Å². The number of carbonyl (C=O) groups excluding carboxylic acids is 1. The summed E-state index contributed by atoms with van der Waals surface area (Å²) in [6, 6.07) is 10.7. The standard InChI is InChI=1S/C15H20N2O/c1-2-6-15(18)16-14-9-10-17(12-14)11-13-7-4-3-5-8-13/h2-8,14H,9-12H2,1H3,(H,16,18)/b6-2+. The highest BCUT2D eigenvalue weighted by Crippen LogP contribution is 2.13. The van der Waals surface area contributed by atoms with Crippen LogP contribution < -0.4 is 5.32 Å². The normalized spacial score (nSPS) is 20.4. The van der Waals surface area contributed by atoms with Gasteiger partial charge in [-0.1, -0.05) is 36.4 Å². The number of likely N-dealkylation sites (tertiary alicyclic amines) is 1. The second-order valence-electron chi connectivity index (χ2n) is 4.71. The molecule has 0 aromatic heterocycles. The number of amides is 1. The summed E-state index contributed by atoms with van der Waals surface area (Å²) < 4.78 is 0. The third kappa shape index (κ3) is 3.70. The zero-order valence-corrected chi connectivity index (χ0v) is 10.8. The SMILES string of the molecule is C/C=C/C(=O)NC1CCN(Cc2ccccc2)C1. The summed E-state index contributed by atoms with van der Waals surface area (Å²) in [7, 11) is 0. The molecule has 1 N–H and O–H groups in total. The molecule has 1 unspecified atom stereocenters. The zero-order valence-electron chi connectivity index (χ0n) is 10.8. The van der Waals surface area contributed by atoms with Gasteiger partial charge >= 0.3 is 0 Å². The molecule has 3 nitrogen and oxygen atoms in total. The summed E-state index contributed by atoms with van der Waals surface area (Å²) in [5.74, 6) is 0.0176. The third-order valence-electron chi connectivity index (χ3n) is 3.19. The lowest BCUT2D eigenvalue weighted by Gasteiger charge is -2.16. The summed E-state index contributed by atoms with van der Waals surface area (Å²) in [5, 5.41) is 3.03. The predicted octanol–water partition coefficient (Wildman–Crippen LogP) is 1.95. The summed E-state index contributed by atoms with van der Waals surface area (Å²) in [6.07, 6.45) is 4.39. The average molecular weight is 244 g/mol. The Morgan fingerprint density at radius 1 is 1.44 bits per heavy atom. The Morgan fingerprint density at radius 3 is 2.94 bits per heavy atom. The molecule has 0 aliphatic carbocycles. The molecule has 2 rings (SSSR count). The third-order valence-corrected chi connectivity index (χ3v) is 3.19. The van der Waals surface area contributed by atoms with E-state index in [0.717, 1.165) is 26.1 Å². The quantitative estimate of drug-likeness (QED) is 0.821. The van der Waals surface area contributed by atoms with Crippen LogP contribution in [0.3, 0.4) is 0 Å². The minimum absolute atomic E-state index is 0.0176. The molecule has 1 aliphatic heterocycles. The van der Waals surface area contributed by atoms with Crippen molar-refractivity contribution in [2.45, 2.75) is 25.9 Å². The minimum Gasteiger partial charge on any atom is -0.348 e. The molecular weight excluding hydrogens is 224 g/mol. The molecule has 1 atom stereocenters. The van der Waals surface area contributed by atoms with E-state index in [1.165, 1.54) is 5.56 Å². The van der Waals surface area contributed by atoms with Crippen molar-refractivity contribution in [1.82, 2.24) is 10.2 Å². The van der Waals surface area contributed by atoms with Crippen molar-refractivity contribution in [1.29, 1.82) is 0 Å². The molecule has 0 saturated carbocycles. The summed E-state index contributed by atoms with van der Waals surface area (Å²) in [6.45, 7) is 4.82. The summed E-state index contributed by atoms with van der Waals surface area (Å²) in [5.41, 5.74) is 1.33. The van der Waals surface area contributed by atoms with Crippen LogP contribution in [0.2, 0.25) is 0 Å². The van der Waals surface area contributed by atoms with Gasteiger partial charge in [-0.3, -0.25) is 9.69 Å². The Kier molecular flexibility index (Phi) is 4.53. The lowest BCUT2D eigenvalue weighted by Crippen LogP contribution is -2.35. The Bertz CT molecular complexity index is 414. The predicted molar refractivity (Wildman–Crippen MR) is 73.1 cm³/mol. The molecule has 18 heavy (non-hydrogen) atoms. The molecule has 1 aromatic carbocycles. The smallest absolute Gasteiger partial charge is 0.243 e.